The molecule has 0 atom stereocenters. The fourth-order valence-corrected chi connectivity index (χ4v) is 2.36. The van der Waals surface area contributed by atoms with Gasteiger partial charge in [-0.15, -0.1) is 0 Å². The molecule has 0 N–H and O–H groups in total. The lowest BCUT2D eigenvalue weighted by Gasteiger charge is -2.22. The van der Waals surface area contributed by atoms with Crippen molar-refractivity contribution >= 4 is 25.2 Å². The summed E-state index contributed by atoms with van der Waals surface area (Å²) in [5.74, 6) is 0.781. The molecule has 0 radical (unpaired) electrons. The zero-order valence-corrected chi connectivity index (χ0v) is 12.1. The van der Waals surface area contributed by atoms with Crippen LogP contribution in [-0.4, -0.2) is 13.6 Å². The number of hydrogen-bond donors (Lipinski definition) is 0. The number of rotatable bonds is 3. The van der Waals surface area contributed by atoms with E-state index < -0.39 is 13.6 Å². The molecule has 0 spiro atoms. The van der Waals surface area contributed by atoms with E-state index in [-0.39, 0.29) is 0 Å². The highest BCUT2D eigenvalue weighted by Gasteiger charge is 2.19. The average Bonchev–Trinajstić information content (AvgIpc) is 2.10. The molecule has 0 bridgehead atoms. The normalized spacial score (nSPS) is 11.4. The van der Waals surface area contributed by atoms with Gasteiger partial charge in [0, 0.05) is 5.56 Å². The van der Waals surface area contributed by atoms with E-state index in [1.54, 1.807) is 12.1 Å². The molecular formula is C12H17ClO2Si. The van der Waals surface area contributed by atoms with E-state index in [1.807, 2.05) is 13.8 Å². The van der Waals surface area contributed by atoms with E-state index in [0.29, 0.717) is 5.56 Å². The van der Waals surface area contributed by atoms with E-state index in [2.05, 4.69) is 19.6 Å². The number of halogens is 1. The van der Waals surface area contributed by atoms with Gasteiger partial charge >= 0.3 is 0 Å². The minimum absolute atomic E-state index is 0.441. The Morgan fingerprint density at radius 3 is 2.25 bits per heavy atom. The summed E-state index contributed by atoms with van der Waals surface area (Å²) in [7, 11) is -1.66. The summed E-state index contributed by atoms with van der Waals surface area (Å²) < 4.78 is 5.93. The third-order valence-electron chi connectivity index (χ3n) is 2.26. The fourth-order valence-electron chi connectivity index (χ4n) is 1.38. The van der Waals surface area contributed by atoms with Crippen molar-refractivity contribution in [1.29, 1.82) is 0 Å². The lowest BCUT2D eigenvalue weighted by molar-refractivity contribution is 0.108. The minimum atomic E-state index is -1.66. The summed E-state index contributed by atoms with van der Waals surface area (Å²) in [5.41, 5.74) is 2.60. The Hall–Kier alpha value is -0.803. The van der Waals surface area contributed by atoms with Gasteiger partial charge in [0.05, 0.1) is 0 Å². The zero-order valence-electron chi connectivity index (χ0n) is 10.3. The van der Waals surface area contributed by atoms with Crippen LogP contribution in [-0.2, 0) is 0 Å². The highest BCUT2D eigenvalue weighted by Crippen LogP contribution is 2.26. The molecule has 0 fully saturated rings. The largest absolute Gasteiger partial charge is 0.544 e. The van der Waals surface area contributed by atoms with Crippen LogP contribution in [0.3, 0.4) is 0 Å². The van der Waals surface area contributed by atoms with Crippen molar-refractivity contribution in [2.24, 2.45) is 0 Å². The van der Waals surface area contributed by atoms with E-state index in [9.17, 15) is 4.79 Å². The van der Waals surface area contributed by atoms with Crippen molar-refractivity contribution in [2.45, 2.75) is 33.5 Å². The topological polar surface area (TPSA) is 26.3 Å². The summed E-state index contributed by atoms with van der Waals surface area (Å²) in [5, 5.41) is -0.441. The molecule has 0 unspecified atom stereocenters. The quantitative estimate of drug-likeness (QED) is 0.606. The third-order valence-corrected chi connectivity index (χ3v) is 3.31. The molecule has 1 aromatic carbocycles. The van der Waals surface area contributed by atoms with Gasteiger partial charge in [0.15, 0.2) is 0 Å². The first-order valence-corrected chi connectivity index (χ1v) is 8.99. The molecule has 0 saturated carbocycles. The monoisotopic (exact) mass is 256 g/mol. The maximum absolute atomic E-state index is 11.1. The average molecular weight is 257 g/mol. The van der Waals surface area contributed by atoms with E-state index >= 15 is 0 Å². The van der Waals surface area contributed by atoms with Gasteiger partial charge in [-0.05, 0) is 68.3 Å². The number of carbonyl (C=O) groups is 1. The van der Waals surface area contributed by atoms with Gasteiger partial charge in [0.25, 0.3) is 5.24 Å². The summed E-state index contributed by atoms with van der Waals surface area (Å²) in [6, 6.07) is 3.53. The van der Waals surface area contributed by atoms with Crippen LogP contribution in [0.15, 0.2) is 12.1 Å². The molecule has 16 heavy (non-hydrogen) atoms. The summed E-state index contributed by atoms with van der Waals surface area (Å²) in [6.07, 6.45) is 0. The predicted octanol–water partition coefficient (Wildman–Crippen LogP) is 3.90. The first kappa shape index (κ1) is 13.3. The lowest BCUT2D eigenvalue weighted by atomic mass is 10.1. The van der Waals surface area contributed by atoms with Crippen molar-refractivity contribution < 1.29 is 9.22 Å². The Balaban J connectivity index is 3.22. The zero-order chi connectivity index (χ0) is 12.5. The molecule has 2 nitrogen and oxygen atoms in total. The molecule has 1 aromatic rings. The van der Waals surface area contributed by atoms with E-state index in [1.165, 1.54) is 0 Å². The molecule has 0 saturated heterocycles. The van der Waals surface area contributed by atoms with Crippen LogP contribution < -0.4 is 4.43 Å². The van der Waals surface area contributed by atoms with Gasteiger partial charge in [0.2, 0.25) is 8.32 Å². The van der Waals surface area contributed by atoms with Crippen LogP contribution in [0, 0.1) is 13.8 Å². The van der Waals surface area contributed by atoms with Gasteiger partial charge in [-0.25, -0.2) is 0 Å². The molecule has 0 amide bonds. The Morgan fingerprint density at radius 1 is 1.25 bits per heavy atom. The Bertz CT molecular complexity index is 422. The molecule has 88 valence electrons. The van der Waals surface area contributed by atoms with E-state index in [4.69, 9.17) is 16.0 Å². The third kappa shape index (κ3) is 3.35. The van der Waals surface area contributed by atoms with Gasteiger partial charge in [-0.1, -0.05) is 0 Å². The first-order valence-electron chi connectivity index (χ1n) is 5.21. The standard InChI is InChI=1S/C12H17ClO2Si/c1-8-6-10(12(13)14)7-11(9(8)2)15-16(3,4)5/h6-7H,1-5H3. The molecular weight excluding hydrogens is 240 g/mol. The van der Waals surface area contributed by atoms with Crippen LogP contribution in [0.5, 0.6) is 5.75 Å². The van der Waals surface area contributed by atoms with Crippen molar-refractivity contribution in [3.63, 3.8) is 0 Å². The van der Waals surface area contributed by atoms with Crippen molar-refractivity contribution in [3.05, 3.63) is 28.8 Å². The highest BCUT2D eigenvalue weighted by molar-refractivity contribution is 6.70. The highest BCUT2D eigenvalue weighted by atomic mass is 35.5. The van der Waals surface area contributed by atoms with Crippen molar-refractivity contribution in [1.82, 2.24) is 0 Å². The Morgan fingerprint density at radius 2 is 1.81 bits per heavy atom. The SMILES string of the molecule is Cc1cc(C(=O)Cl)cc(O[Si](C)(C)C)c1C. The van der Waals surface area contributed by atoms with Gasteiger partial charge < -0.3 is 4.43 Å². The van der Waals surface area contributed by atoms with Crippen LogP contribution in [0.2, 0.25) is 19.6 Å². The second-order valence-corrected chi connectivity index (χ2v) is 9.68. The maximum Gasteiger partial charge on any atom is 0.252 e. The predicted molar refractivity (Wildman–Crippen MR) is 70.1 cm³/mol. The fraction of sp³-hybridized carbons (Fsp3) is 0.417. The molecule has 0 aliphatic heterocycles. The number of aryl methyl sites for hydroxylation is 1. The van der Waals surface area contributed by atoms with Gasteiger partial charge in [-0.2, -0.15) is 0 Å². The molecule has 0 aromatic heterocycles. The van der Waals surface area contributed by atoms with Gasteiger partial charge in [-0.3, -0.25) is 4.79 Å². The van der Waals surface area contributed by atoms with Crippen molar-refractivity contribution in [2.75, 3.05) is 0 Å². The smallest absolute Gasteiger partial charge is 0.252 e. The Labute approximate surface area is 103 Å². The van der Waals surface area contributed by atoms with Gasteiger partial charge in [0.1, 0.15) is 5.75 Å². The number of carbonyl (C=O) groups excluding carboxylic acids is 1. The summed E-state index contributed by atoms with van der Waals surface area (Å²) >= 11 is 5.49. The number of benzene rings is 1. The molecule has 0 aliphatic carbocycles. The second-order valence-electron chi connectivity index (χ2n) is 4.90. The minimum Gasteiger partial charge on any atom is -0.544 e. The maximum atomic E-state index is 11.1. The number of hydrogen-bond acceptors (Lipinski definition) is 2. The van der Waals surface area contributed by atoms with Crippen LogP contribution in [0.1, 0.15) is 21.5 Å². The van der Waals surface area contributed by atoms with Crippen LogP contribution in [0.4, 0.5) is 0 Å². The van der Waals surface area contributed by atoms with Crippen LogP contribution in [0.25, 0.3) is 0 Å². The van der Waals surface area contributed by atoms with E-state index in [0.717, 1.165) is 16.9 Å². The lowest BCUT2D eigenvalue weighted by Crippen LogP contribution is -2.29. The molecule has 0 heterocycles. The molecule has 0 aliphatic rings. The van der Waals surface area contributed by atoms with Crippen LogP contribution >= 0.6 is 11.6 Å². The summed E-state index contributed by atoms with van der Waals surface area (Å²) in [4.78, 5) is 11.1. The second kappa shape index (κ2) is 4.59. The molecule has 1 rings (SSSR count). The summed E-state index contributed by atoms with van der Waals surface area (Å²) in [6.45, 7) is 10.3. The Kier molecular flexibility index (Phi) is 3.81. The molecule has 4 heteroatoms. The van der Waals surface area contributed by atoms with Crippen molar-refractivity contribution in [3.8, 4) is 5.75 Å². The first-order chi connectivity index (χ1) is 7.20.